The highest BCUT2D eigenvalue weighted by Crippen LogP contribution is 2.24. The van der Waals surface area contributed by atoms with Gasteiger partial charge < -0.3 is 0 Å². The molecule has 0 amide bonds. The van der Waals surface area contributed by atoms with Crippen molar-refractivity contribution in [2.75, 3.05) is 0 Å². The maximum atomic E-state index is 12.4. The Kier molecular flexibility index (Phi) is 4.52. The van der Waals surface area contributed by atoms with Gasteiger partial charge in [-0.2, -0.15) is 0 Å². The van der Waals surface area contributed by atoms with Crippen LogP contribution in [0.3, 0.4) is 0 Å². The van der Waals surface area contributed by atoms with Crippen LogP contribution in [0.4, 0.5) is 0 Å². The minimum atomic E-state index is 0.0543. The normalized spacial score (nSPS) is 10.7. The number of ketones is 1. The van der Waals surface area contributed by atoms with Gasteiger partial charge in [0, 0.05) is 12.0 Å². The van der Waals surface area contributed by atoms with Crippen LogP contribution in [0, 0.1) is 20.8 Å². The molecular weight excluding hydrogens is 291 g/mol. The quantitative estimate of drug-likeness (QED) is 0.699. The first-order chi connectivity index (χ1) is 9.38. The summed E-state index contributed by atoms with van der Waals surface area (Å²) in [5.41, 5.74) is 5.20. The molecule has 0 fully saturated rings. The molecule has 0 unspecified atom stereocenters. The van der Waals surface area contributed by atoms with Crippen molar-refractivity contribution in [3.8, 4) is 0 Å². The lowest BCUT2D eigenvalue weighted by Gasteiger charge is -2.11. The predicted octanol–water partition coefficient (Wildman–Crippen LogP) is 5.34. The molecule has 0 aliphatic carbocycles. The van der Waals surface area contributed by atoms with Crippen molar-refractivity contribution in [3.05, 3.63) is 68.2 Å². The highest BCUT2D eigenvalue weighted by Gasteiger charge is 2.12. The second kappa shape index (κ2) is 5.99. The van der Waals surface area contributed by atoms with E-state index in [1.54, 1.807) is 18.2 Å². The maximum absolute atomic E-state index is 12.4. The smallest absolute Gasteiger partial charge is 0.167 e. The van der Waals surface area contributed by atoms with Gasteiger partial charge in [-0.3, -0.25) is 4.79 Å². The molecule has 0 aliphatic rings. The number of benzene rings is 2. The van der Waals surface area contributed by atoms with Gasteiger partial charge in [-0.25, -0.2) is 0 Å². The van der Waals surface area contributed by atoms with Crippen molar-refractivity contribution in [1.82, 2.24) is 0 Å². The van der Waals surface area contributed by atoms with E-state index in [0.29, 0.717) is 22.0 Å². The van der Waals surface area contributed by atoms with E-state index in [-0.39, 0.29) is 5.78 Å². The van der Waals surface area contributed by atoms with Gasteiger partial charge in [0.05, 0.1) is 10.0 Å². The summed E-state index contributed by atoms with van der Waals surface area (Å²) in [6, 6.07) is 9.21. The van der Waals surface area contributed by atoms with Crippen molar-refractivity contribution < 1.29 is 4.79 Å². The van der Waals surface area contributed by atoms with Gasteiger partial charge in [0.15, 0.2) is 5.78 Å². The number of hydrogen-bond donors (Lipinski definition) is 0. The summed E-state index contributed by atoms with van der Waals surface area (Å²) in [6.45, 7) is 6.14. The second-order valence-corrected chi connectivity index (χ2v) is 5.92. The van der Waals surface area contributed by atoms with E-state index >= 15 is 0 Å². The van der Waals surface area contributed by atoms with Gasteiger partial charge in [0.1, 0.15) is 0 Å². The molecule has 20 heavy (non-hydrogen) atoms. The Balaban J connectivity index is 2.30. The minimum absolute atomic E-state index is 0.0543. The van der Waals surface area contributed by atoms with E-state index in [4.69, 9.17) is 23.2 Å². The molecule has 0 heterocycles. The number of carbonyl (C=O) groups is 1. The summed E-state index contributed by atoms with van der Waals surface area (Å²) in [7, 11) is 0. The standard InChI is InChI=1S/C17H16Cl2O/c1-10-6-11(2)14(12(3)7-10)9-17(20)13-4-5-15(18)16(19)8-13/h4-8H,9H2,1-3H3. The zero-order valence-corrected chi connectivity index (χ0v) is 13.3. The van der Waals surface area contributed by atoms with E-state index in [0.717, 1.165) is 16.7 Å². The van der Waals surface area contributed by atoms with E-state index in [9.17, 15) is 4.79 Å². The molecule has 0 radical (unpaired) electrons. The monoisotopic (exact) mass is 306 g/mol. The molecule has 1 nitrogen and oxygen atoms in total. The Morgan fingerprint density at radius 3 is 2.10 bits per heavy atom. The van der Waals surface area contributed by atoms with Crippen LogP contribution in [0.5, 0.6) is 0 Å². The third kappa shape index (κ3) is 3.23. The van der Waals surface area contributed by atoms with Gasteiger partial charge in [-0.1, -0.05) is 40.9 Å². The van der Waals surface area contributed by atoms with Gasteiger partial charge in [0.25, 0.3) is 0 Å². The van der Waals surface area contributed by atoms with Crippen LogP contribution >= 0.6 is 23.2 Å². The van der Waals surface area contributed by atoms with Crippen molar-refractivity contribution >= 4 is 29.0 Å². The lowest BCUT2D eigenvalue weighted by atomic mass is 9.94. The molecule has 0 aromatic heterocycles. The van der Waals surface area contributed by atoms with E-state index in [2.05, 4.69) is 19.1 Å². The fraction of sp³-hybridized carbons (Fsp3) is 0.235. The molecule has 3 heteroatoms. The van der Waals surface area contributed by atoms with Crippen LogP contribution in [-0.2, 0) is 6.42 Å². The minimum Gasteiger partial charge on any atom is -0.294 e. The first-order valence-corrected chi connectivity index (χ1v) is 7.19. The summed E-state index contributed by atoms with van der Waals surface area (Å²) >= 11 is 11.8. The Hall–Kier alpha value is -1.31. The molecule has 0 aliphatic heterocycles. The lowest BCUT2D eigenvalue weighted by Crippen LogP contribution is -2.07. The van der Waals surface area contributed by atoms with Crippen molar-refractivity contribution in [2.45, 2.75) is 27.2 Å². The Morgan fingerprint density at radius 1 is 0.950 bits per heavy atom. The highest BCUT2D eigenvalue weighted by atomic mass is 35.5. The first kappa shape index (κ1) is 15.1. The first-order valence-electron chi connectivity index (χ1n) is 6.43. The summed E-state index contributed by atoms with van der Waals surface area (Å²) in [4.78, 5) is 12.4. The van der Waals surface area contributed by atoms with Crippen molar-refractivity contribution in [2.24, 2.45) is 0 Å². The second-order valence-electron chi connectivity index (χ2n) is 5.11. The average Bonchev–Trinajstić information content (AvgIpc) is 2.36. The SMILES string of the molecule is Cc1cc(C)c(CC(=O)c2ccc(Cl)c(Cl)c2)c(C)c1. The number of hydrogen-bond acceptors (Lipinski definition) is 1. The van der Waals surface area contributed by atoms with E-state index in [1.807, 2.05) is 13.8 Å². The third-order valence-electron chi connectivity index (χ3n) is 3.42. The van der Waals surface area contributed by atoms with E-state index in [1.165, 1.54) is 5.56 Å². The van der Waals surface area contributed by atoms with Gasteiger partial charge in [0.2, 0.25) is 0 Å². The zero-order chi connectivity index (χ0) is 14.9. The largest absolute Gasteiger partial charge is 0.294 e. The fourth-order valence-electron chi connectivity index (χ4n) is 2.42. The number of aryl methyl sites for hydroxylation is 3. The molecule has 2 aromatic carbocycles. The summed E-state index contributed by atoms with van der Waals surface area (Å²) in [5.74, 6) is 0.0543. The summed E-state index contributed by atoms with van der Waals surface area (Å²) in [6.07, 6.45) is 0.385. The average molecular weight is 307 g/mol. The van der Waals surface area contributed by atoms with Crippen LogP contribution in [0.1, 0.15) is 32.6 Å². The predicted molar refractivity (Wildman–Crippen MR) is 85.1 cm³/mol. The topological polar surface area (TPSA) is 17.1 Å². The highest BCUT2D eigenvalue weighted by molar-refractivity contribution is 6.42. The summed E-state index contributed by atoms with van der Waals surface area (Å²) in [5, 5.41) is 0.876. The molecule has 0 spiro atoms. The van der Waals surface area contributed by atoms with Gasteiger partial charge in [-0.05, 0) is 55.7 Å². The van der Waals surface area contributed by atoms with E-state index < -0.39 is 0 Å². The zero-order valence-electron chi connectivity index (χ0n) is 11.8. The van der Waals surface area contributed by atoms with Crippen molar-refractivity contribution in [1.29, 1.82) is 0 Å². The molecular formula is C17H16Cl2O. The Labute approximate surface area is 129 Å². The number of carbonyl (C=O) groups excluding carboxylic acids is 1. The molecule has 2 aromatic rings. The molecule has 0 saturated heterocycles. The molecule has 0 saturated carbocycles. The van der Waals surface area contributed by atoms with Crippen LogP contribution in [0.25, 0.3) is 0 Å². The number of halogens is 2. The Bertz CT molecular complexity index is 652. The molecule has 0 N–H and O–H groups in total. The Morgan fingerprint density at radius 2 is 1.55 bits per heavy atom. The van der Waals surface area contributed by atoms with Gasteiger partial charge in [-0.15, -0.1) is 0 Å². The molecule has 0 atom stereocenters. The van der Waals surface area contributed by atoms with Crippen LogP contribution in [-0.4, -0.2) is 5.78 Å². The summed E-state index contributed by atoms with van der Waals surface area (Å²) < 4.78 is 0. The maximum Gasteiger partial charge on any atom is 0.167 e. The van der Waals surface area contributed by atoms with Gasteiger partial charge >= 0.3 is 0 Å². The third-order valence-corrected chi connectivity index (χ3v) is 4.16. The number of Topliss-reactive ketones (excluding diaryl/α,β-unsaturated/α-hetero) is 1. The van der Waals surface area contributed by atoms with Crippen molar-refractivity contribution in [3.63, 3.8) is 0 Å². The van der Waals surface area contributed by atoms with Crippen LogP contribution in [0.2, 0.25) is 10.0 Å². The molecule has 104 valence electrons. The number of rotatable bonds is 3. The van der Waals surface area contributed by atoms with Crippen LogP contribution < -0.4 is 0 Å². The fourth-order valence-corrected chi connectivity index (χ4v) is 2.72. The molecule has 2 rings (SSSR count). The van der Waals surface area contributed by atoms with Crippen LogP contribution in [0.15, 0.2) is 30.3 Å². The molecule has 0 bridgehead atoms. The lowest BCUT2D eigenvalue weighted by molar-refractivity contribution is 0.0992.